The SMILES string of the molecule is COCCNc1ccc([N+](=O)[O-])cc1C(=O)NC1CCCCC1. The monoisotopic (exact) mass is 321 g/mol. The minimum atomic E-state index is -0.490. The first-order chi connectivity index (χ1) is 11.1. The van der Waals surface area contributed by atoms with E-state index in [1.165, 1.54) is 18.6 Å². The van der Waals surface area contributed by atoms with Gasteiger partial charge < -0.3 is 15.4 Å². The van der Waals surface area contributed by atoms with Crippen molar-refractivity contribution >= 4 is 17.3 Å². The highest BCUT2D eigenvalue weighted by atomic mass is 16.6. The molecule has 2 rings (SSSR count). The third-order valence-corrected chi connectivity index (χ3v) is 4.02. The Kier molecular flexibility index (Phi) is 6.34. The lowest BCUT2D eigenvalue weighted by Crippen LogP contribution is -2.36. The van der Waals surface area contributed by atoms with E-state index in [0.717, 1.165) is 25.7 Å². The van der Waals surface area contributed by atoms with Crippen LogP contribution in [0.25, 0.3) is 0 Å². The zero-order chi connectivity index (χ0) is 16.7. The van der Waals surface area contributed by atoms with Gasteiger partial charge >= 0.3 is 0 Å². The molecule has 1 fully saturated rings. The lowest BCUT2D eigenvalue weighted by atomic mass is 9.95. The molecule has 1 aliphatic carbocycles. The van der Waals surface area contributed by atoms with Gasteiger partial charge in [0.2, 0.25) is 0 Å². The number of amides is 1. The Bertz CT molecular complexity index is 556. The Hall–Kier alpha value is -2.15. The van der Waals surface area contributed by atoms with Gasteiger partial charge in [0.05, 0.1) is 17.1 Å². The van der Waals surface area contributed by atoms with Crippen LogP contribution in [0.15, 0.2) is 18.2 Å². The lowest BCUT2D eigenvalue weighted by Gasteiger charge is -2.23. The number of nitro groups is 1. The van der Waals surface area contributed by atoms with E-state index in [4.69, 9.17) is 4.74 Å². The van der Waals surface area contributed by atoms with Crippen LogP contribution < -0.4 is 10.6 Å². The molecular formula is C16H23N3O4. The van der Waals surface area contributed by atoms with Crippen molar-refractivity contribution < 1.29 is 14.5 Å². The maximum Gasteiger partial charge on any atom is 0.270 e. The number of carbonyl (C=O) groups is 1. The molecule has 126 valence electrons. The van der Waals surface area contributed by atoms with Gasteiger partial charge in [-0.15, -0.1) is 0 Å². The molecule has 1 aromatic carbocycles. The van der Waals surface area contributed by atoms with Gasteiger partial charge in [-0.2, -0.15) is 0 Å². The standard InChI is InChI=1S/C16H23N3O4/c1-23-10-9-17-15-8-7-13(19(21)22)11-14(15)16(20)18-12-5-3-2-4-6-12/h7-8,11-12,17H,2-6,9-10H2,1H3,(H,18,20). The number of anilines is 1. The topological polar surface area (TPSA) is 93.5 Å². The quantitative estimate of drug-likeness (QED) is 0.457. The summed E-state index contributed by atoms with van der Waals surface area (Å²) in [6, 6.07) is 4.45. The molecule has 0 atom stereocenters. The molecular weight excluding hydrogens is 298 g/mol. The van der Waals surface area contributed by atoms with Gasteiger partial charge in [-0.05, 0) is 18.9 Å². The highest BCUT2D eigenvalue weighted by Crippen LogP contribution is 2.23. The lowest BCUT2D eigenvalue weighted by molar-refractivity contribution is -0.384. The molecule has 7 heteroatoms. The molecule has 0 aliphatic heterocycles. The predicted molar refractivity (Wildman–Crippen MR) is 87.8 cm³/mol. The first-order valence-corrected chi connectivity index (χ1v) is 7.94. The summed E-state index contributed by atoms with van der Waals surface area (Å²) in [6.45, 7) is 1.01. The number of nitro benzene ring substituents is 1. The van der Waals surface area contributed by atoms with E-state index in [2.05, 4.69) is 10.6 Å². The molecule has 0 spiro atoms. The fourth-order valence-corrected chi connectivity index (χ4v) is 2.79. The second-order valence-corrected chi connectivity index (χ2v) is 5.71. The molecule has 2 N–H and O–H groups in total. The van der Waals surface area contributed by atoms with Crippen LogP contribution in [-0.4, -0.2) is 37.1 Å². The summed E-state index contributed by atoms with van der Waals surface area (Å²) in [6.07, 6.45) is 5.35. The van der Waals surface area contributed by atoms with Crippen LogP contribution >= 0.6 is 0 Å². The number of carbonyl (C=O) groups excluding carboxylic acids is 1. The Labute approximate surface area is 135 Å². The molecule has 7 nitrogen and oxygen atoms in total. The van der Waals surface area contributed by atoms with Gasteiger partial charge in [0.25, 0.3) is 11.6 Å². The summed E-state index contributed by atoms with van der Waals surface area (Å²) in [7, 11) is 1.59. The minimum Gasteiger partial charge on any atom is -0.383 e. The number of hydrogen-bond donors (Lipinski definition) is 2. The zero-order valence-corrected chi connectivity index (χ0v) is 13.3. The predicted octanol–water partition coefficient (Wildman–Crippen LogP) is 2.72. The molecule has 1 saturated carbocycles. The van der Waals surface area contributed by atoms with Crippen LogP contribution in [0.4, 0.5) is 11.4 Å². The number of methoxy groups -OCH3 is 1. The molecule has 0 heterocycles. The van der Waals surface area contributed by atoms with Crippen LogP contribution in [0.5, 0.6) is 0 Å². The smallest absolute Gasteiger partial charge is 0.270 e. The van der Waals surface area contributed by atoms with E-state index in [9.17, 15) is 14.9 Å². The summed E-state index contributed by atoms with van der Waals surface area (Å²) in [5, 5.41) is 17.1. The molecule has 0 radical (unpaired) electrons. The number of rotatable bonds is 7. The summed E-state index contributed by atoms with van der Waals surface area (Å²) in [5.41, 5.74) is 0.804. The minimum absolute atomic E-state index is 0.0870. The molecule has 23 heavy (non-hydrogen) atoms. The van der Waals surface area contributed by atoms with Crippen molar-refractivity contribution in [3.05, 3.63) is 33.9 Å². The third-order valence-electron chi connectivity index (χ3n) is 4.02. The Balaban J connectivity index is 2.15. The molecule has 0 saturated heterocycles. The van der Waals surface area contributed by atoms with Crippen molar-refractivity contribution in [3.63, 3.8) is 0 Å². The van der Waals surface area contributed by atoms with Crippen LogP contribution in [0.2, 0.25) is 0 Å². The maximum atomic E-state index is 12.5. The Morgan fingerprint density at radius 3 is 2.74 bits per heavy atom. The van der Waals surface area contributed by atoms with E-state index >= 15 is 0 Å². The largest absolute Gasteiger partial charge is 0.383 e. The van der Waals surface area contributed by atoms with Crippen molar-refractivity contribution in [2.45, 2.75) is 38.1 Å². The number of non-ortho nitro benzene ring substituents is 1. The van der Waals surface area contributed by atoms with Crippen LogP contribution in [0.3, 0.4) is 0 Å². The van der Waals surface area contributed by atoms with Crippen molar-refractivity contribution in [2.24, 2.45) is 0 Å². The van der Waals surface area contributed by atoms with Crippen molar-refractivity contribution in [1.82, 2.24) is 5.32 Å². The van der Waals surface area contributed by atoms with Crippen molar-refractivity contribution in [2.75, 3.05) is 25.6 Å². The second-order valence-electron chi connectivity index (χ2n) is 5.71. The molecule has 0 bridgehead atoms. The van der Waals surface area contributed by atoms with E-state index < -0.39 is 4.92 Å². The van der Waals surface area contributed by atoms with E-state index in [1.807, 2.05) is 0 Å². The maximum absolute atomic E-state index is 12.5. The van der Waals surface area contributed by atoms with E-state index in [-0.39, 0.29) is 17.6 Å². The number of ether oxygens (including phenoxy) is 1. The highest BCUT2D eigenvalue weighted by molar-refractivity contribution is 6.00. The van der Waals surface area contributed by atoms with Gasteiger partial charge in [-0.25, -0.2) is 0 Å². The molecule has 0 aromatic heterocycles. The number of benzene rings is 1. The normalized spacial score (nSPS) is 15.2. The fraction of sp³-hybridized carbons (Fsp3) is 0.562. The number of hydrogen-bond acceptors (Lipinski definition) is 5. The summed E-state index contributed by atoms with van der Waals surface area (Å²) in [5.74, 6) is -0.263. The van der Waals surface area contributed by atoms with Crippen molar-refractivity contribution in [3.8, 4) is 0 Å². The van der Waals surface area contributed by atoms with Crippen LogP contribution in [-0.2, 0) is 4.74 Å². The zero-order valence-electron chi connectivity index (χ0n) is 13.3. The highest BCUT2D eigenvalue weighted by Gasteiger charge is 2.21. The van der Waals surface area contributed by atoms with Gasteiger partial charge in [-0.1, -0.05) is 19.3 Å². The third kappa shape index (κ3) is 4.92. The summed E-state index contributed by atoms with van der Waals surface area (Å²) in [4.78, 5) is 23.0. The Morgan fingerprint density at radius 1 is 1.35 bits per heavy atom. The van der Waals surface area contributed by atoms with Gasteiger partial charge in [-0.3, -0.25) is 14.9 Å². The first kappa shape index (κ1) is 17.2. The van der Waals surface area contributed by atoms with Gasteiger partial charge in [0.1, 0.15) is 0 Å². The van der Waals surface area contributed by atoms with Gasteiger partial charge in [0.15, 0.2) is 0 Å². The molecule has 0 unspecified atom stereocenters. The average Bonchev–Trinajstić information content (AvgIpc) is 2.56. The summed E-state index contributed by atoms with van der Waals surface area (Å²) < 4.78 is 4.98. The molecule has 1 aliphatic rings. The average molecular weight is 321 g/mol. The number of nitrogens with zero attached hydrogens (tertiary/aromatic N) is 1. The van der Waals surface area contributed by atoms with E-state index in [0.29, 0.717) is 24.4 Å². The van der Waals surface area contributed by atoms with Crippen LogP contribution in [0, 0.1) is 10.1 Å². The Morgan fingerprint density at radius 2 is 2.09 bits per heavy atom. The van der Waals surface area contributed by atoms with Gasteiger partial charge in [0, 0.05) is 37.5 Å². The summed E-state index contributed by atoms with van der Waals surface area (Å²) >= 11 is 0. The fourth-order valence-electron chi connectivity index (χ4n) is 2.79. The molecule has 1 aromatic rings. The second kappa shape index (κ2) is 8.47. The van der Waals surface area contributed by atoms with Crippen molar-refractivity contribution in [1.29, 1.82) is 0 Å². The van der Waals surface area contributed by atoms with E-state index in [1.54, 1.807) is 13.2 Å². The number of nitrogens with one attached hydrogen (secondary N) is 2. The first-order valence-electron chi connectivity index (χ1n) is 7.94. The van der Waals surface area contributed by atoms with Crippen LogP contribution in [0.1, 0.15) is 42.5 Å². The molecule has 1 amide bonds.